The Balaban J connectivity index is 1.93. The number of ether oxygens (including phenoxy) is 3. The van der Waals surface area contributed by atoms with Gasteiger partial charge in [-0.3, -0.25) is 9.36 Å². The number of thiazole rings is 1. The van der Waals surface area contributed by atoms with Crippen LogP contribution in [0.2, 0.25) is 0 Å². The lowest BCUT2D eigenvalue weighted by Gasteiger charge is -2.25. The molecule has 10 heteroatoms. The SMILES string of the molecule is CCOC(=O)C1=C(C)N=c2s/c(=C\c3ccc(C(=O)O)cc3)c(=O)n2[C@@H]1c1ccc(OC)c(OCC)c1. The van der Waals surface area contributed by atoms with Crippen LogP contribution in [0.25, 0.3) is 6.08 Å². The summed E-state index contributed by atoms with van der Waals surface area (Å²) in [6.45, 7) is 5.86. The summed E-state index contributed by atoms with van der Waals surface area (Å²) in [5, 5.41) is 9.14. The van der Waals surface area contributed by atoms with Crippen LogP contribution in [0.15, 0.2) is 63.5 Å². The number of esters is 1. The number of hydrogen-bond donors (Lipinski definition) is 1. The molecule has 0 spiro atoms. The molecule has 0 saturated heterocycles. The van der Waals surface area contributed by atoms with E-state index in [1.54, 1.807) is 50.3 Å². The van der Waals surface area contributed by atoms with Crippen LogP contribution in [0.3, 0.4) is 0 Å². The highest BCUT2D eigenvalue weighted by molar-refractivity contribution is 7.07. The third kappa shape index (κ3) is 5.05. The number of carbonyl (C=O) groups excluding carboxylic acids is 1. The first-order valence-electron chi connectivity index (χ1n) is 11.6. The first-order chi connectivity index (χ1) is 17.8. The van der Waals surface area contributed by atoms with Crippen molar-refractivity contribution in [2.24, 2.45) is 4.99 Å². The van der Waals surface area contributed by atoms with Crippen LogP contribution < -0.4 is 24.4 Å². The van der Waals surface area contributed by atoms with Gasteiger partial charge in [-0.05, 0) is 62.2 Å². The maximum Gasteiger partial charge on any atom is 0.338 e. The molecule has 1 aliphatic rings. The fourth-order valence-electron chi connectivity index (χ4n) is 4.11. The van der Waals surface area contributed by atoms with Crippen molar-refractivity contribution in [2.45, 2.75) is 26.8 Å². The summed E-state index contributed by atoms with van der Waals surface area (Å²) >= 11 is 1.19. The third-order valence-corrected chi connectivity index (χ3v) is 6.76. The monoisotopic (exact) mass is 522 g/mol. The predicted molar refractivity (Wildman–Crippen MR) is 138 cm³/mol. The van der Waals surface area contributed by atoms with Crippen molar-refractivity contribution >= 4 is 29.4 Å². The molecule has 0 amide bonds. The fourth-order valence-corrected chi connectivity index (χ4v) is 5.16. The number of aromatic carboxylic acids is 1. The molecule has 0 radical (unpaired) electrons. The van der Waals surface area contributed by atoms with Crippen LogP contribution in [-0.4, -0.2) is 41.9 Å². The van der Waals surface area contributed by atoms with Gasteiger partial charge in [0.2, 0.25) is 0 Å². The average molecular weight is 523 g/mol. The second-order valence-corrected chi connectivity index (χ2v) is 9.08. The number of carbonyl (C=O) groups is 2. The highest BCUT2D eigenvalue weighted by Crippen LogP contribution is 2.36. The van der Waals surface area contributed by atoms with Gasteiger partial charge in [-0.15, -0.1) is 0 Å². The Morgan fingerprint density at radius 2 is 1.84 bits per heavy atom. The first-order valence-corrected chi connectivity index (χ1v) is 12.4. The Morgan fingerprint density at radius 1 is 1.11 bits per heavy atom. The van der Waals surface area contributed by atoms with Gasteiger partial charge in [0.05, 0.1) is 47.7 Å². The lowest BCUT2D eigenvalue weighted by molar-refractivity contribution is -0.139. The summed E-state index contributed by atoms with van der Waals surface area (Å²) < 4.78 is 18.4. The van der Waals surface area contributed by atoms with Gasteiger partial charge in [-0.2, -0.15) is 0 Å². The van der Waals surface area contributed by atoms with E-state index in [1.807, 2.05) is 6.92 Å². The Kier molecular flexibility index (Phi) is 7.58. The summed E-state index contributed by atoms with van der Waals surface area (Å²) in [5.41, 5.74) is 1.84. The van der Waals surface area contributed by atoms with Crippen molar-refractivity contribution in [3.05, 3.63) is 90.1 Å². The molecular formula is C27H26N2O7S. The molecule has 192 valence electrons. The highest BCUT2D eigenvalue weighted by atomic mass is 32.1. The second-order valence-electron chi connectivity index (χ2n) is 8.07. The molecule has 0 fully saturated rings. The van der Waals surface area contributed by atoms with Crippen molar-refractivity contribution < 1.29 is 28.9 Å². The molecule has 1 N–H and O–H groups in total. The maximum absolute atomic E-state index is 13.7. The van der Waals surface area contributed by atoms with Gasteiger partial charge in [0.25, 0.3) is 5.56 Å². The zero-order valence-corrected chi connectivity index (χ0v) is 21.6. The number of rotatable bonds is 8. The summed E-state index contributed by atoms with van der Waals surface area (Å²) in [6, 6.07) is 10.7. The third-order valence-electron chi connectivity index (χ3n) is 5.78. The van der Waals surface area contributed by atoms with Crippen molar-refractivity contribution in [2.75, 3.05) is 20.3 Å². The van der Waals surface area contributed by atoms with E-state index in [4.69, 9.17) is 19.3 Å². The van der Waals surface area contributed by atoms with Gasteiger partial charge in [-0.1, -0.05) is 29.5 Å². The van der Waals surface area contributed by atoms with Crippen LogP contribution in [0.1, 0.15) is 48.3 Å². The Hall–Kier alpha value is -4.18. The zero-order chi connectivity index (χ0) is 26.7. The minimum absolute atomic E-state index is 0.151. The van der Waals surface area contributed by atoms with Gasteiger partial charge in [-0.25, -0.2) is 14.6 Å². The van der Waals surface area contributed by atoms with E-state index in [9.17, 15) is 14.4 Å². The Bertz CT molecular complexity index is 1570. The number of aromatic nitrogens is 1. The fraction of sp³-hybridized carbons (Fsp3) is 0.259. The van der Waals surface area contributed by atoms with Crippen LogP contribution in [0.5, 0.6) is 11.5 Å². The molecule has 2 heterocycles. The number of allylic oxidation sites excluding steroid dienone is 1. The molecule has 1 atom stereocenters. The quantitative estimate of drug-likeness (QED) is 0.452. The van der Waals surface area contributed by atoms with E-state index in [2.05, 4.69) is 4.99 Å². The number of carboxylic acid groups (broad SMARTS) is 1. The largest absolute Gasteiger partial charge is 0.493 e. The summed E-state index contributed by atoms with van der Waals surface area (Å²) in [6.07, 6.45) is 1.68. The first kappa shape index (κ1) is 25.9. The van der Waals surface area contributed by atoms with E-state index >= 15 is 0 Å². The molecule has 0 unspecified atom stereocenters. The van der Waals surface area contributed by atoms with Crippen LogP contribution in [0, 0.1) is 0 Å². The van der Waals surface area contributed by atoms with E-state index in [0.29, 0.717) is 44.3 Å². The van der Waals surface area contributed by atoms with Gasteiger partial charge in [0.1, 0.15) is 0 Å². The molecule has 9 nitrogen and oxygen atoms in total. The number of fused-ring (bicyclic) bond motifs is 1. The predicted octanol–water partition coefficient (Wildman–Crippen LogP) is 2.90. The van der Waals surface area contributed by atoms with Crippen molar-refractivity contribution in [3.63, 3.8) is 0 Å². The molecule has 1 aliphatic heterocycles. The van der Waals surface area contributed by atoms with Crippen LogP contribution in [0.4, 0.5) is 0 Å². The smallest absolute Gasteiger partial charge is 0.338 e. The number of hydrogen-bond acceptors (Lipinski definition) is 8. The Labute approximate surface area is 216 Å². The molecule has 0 bridgehead atoms. The van der Waals surface area contributed by atoms with Crippen LogP contribution >= 0.6 is 11.3 Å². The van der Waals surface area contributed by atoms with Gasteiger partial charge in [0.15, 0.2) is 16.3 Å². The number of nitrogens with zero attached hydrogens (tertiary/aromatic N) is 2. The molecule has 0 aliphatic carbocycles. The minimum Gasteiger partial charge on any atom is -0.493 e. The molecule has 0 saturated carbocycles. The number of carboxylic acids is 1. The van der Waals surface area contributed by atoms with Crippen molar-refractivity contribution in [3.8, 4) is 11.5 Å². The number of benzene rings is 2. The van der Waals surface area contributed by atoms with Gasteiger partial charge < -0.3 is 19.3 Å². The molecule has 2 aromatic carbocycles. The molecule has 4 rings (SSSR count). The molecule has 37 heavy (non-hydrogen) atoms. The molecule has 1 aromatic heterocycles. The highest BCUT2D eigenvalue weighted by Gasteiger charge is 2.34. The summed E-state index contributed by atoms with van der Waals surface area (Å²) in [7, 11) is 1.54. The average Bonchev–Trinajstić information content (AvgIpc) is 3.18. The number of methoxy groups -OCH3 is 1. The van der Waals surface area contributed by atoms with E-state index in [1.165, 1.54) is 35.1 Å². The standard InChI is InChI=1S/C27H26N2O7S/c1-5-35-20-14-18(11-12-19(20)34-4)23-22(26(33)36-6-2)15(3)28-27-29(23)24(30)21(37-27)13-16-7-9-17(10-8-16)25(31)32/h7-14,23H,5-6H2,1-4H3,(H,31,32)/b21-13-/t23-/m1/s1. The summed E-state index contributed by atoms with van der Waals surface area (Å²) in [5.74, 6) is -0.568. The topological polar surface area (TPSA) is 116 Å². The van der Waals surface area contributed by atoms with Crippen molar-refractivity contribution in [1.29, 1.82) is 0 Å². The van der Waals surface area contributed by atoms with Gasteiger partial charge in [0, 0.05) is 0 Å². The second kappa shape index (κ2) is 10.8. The Morgan fingerprint density at radius 3 is 2.46 bits per heavy atom. The molecular weight excluding hydrogens is 496 g/mol. The van der Waals surface area contributed by atoms with E-state index in [0.717, 1.165) is 0 Å². The van der Waals surface area contributed by atoms with Gasteiger partial charge >= 0.3 is 11.9 Å². The van der Waals surface area contributed by atoms with E-state index in [-0.39, 0.29) is 23.3 Å². The molecule has 3 aromatic rings. The van der Waals surface area contributed by atoms with Crippen LogP contribution in [-0.2, 0) is 9.53 Å². The van der Waals surface area contributed by atoms with E-state index < -0.39 is 18.0 Å². The summed E-state index contributed by atoms with van der Waals surface area (Å²) in [4.78, 5) is 42.9. The van der Waals surface area contributed by atoms with Crippen molar-refractivity contribution in [1.82, 2.24) is 4.57 Å². The maximum atomic E-state index is 13.7. The lowest BCUT2D eigenvalue weighted by atomic mass is 9.95. The zero-order valence-electron chi connectivity index (χ0n) is 20.8. The minimum atomic E-state index is -1.03. The normalized spacial score (nSPS) is 15.1. The lowest BCUT2D eigenvalue weighted by Crippen LogP contribution is -2.40.